The van der Waals surface area contributed by atoms with E-state index in [0.29, 0.717) is 18.7 Å². The van der Waals surface area contributed by atoms with Crippen LogP contribution in [0.1, 0.15) is 17.5 Å². The van der Waals surface area contributed by atoms with Crippen LogP contribution in [0.15, 0.2) is 48.5 Å². The van der Waals surface area contributed by atoms with Crippen LogP contribution in [0, 0.1) is 0 Å². The smallest absolute Gasteiger partial charge is 0.416 e. The van der Waals surface area contributed by atoms with Crippen LogP contribution in [0.3, 0.4) is 0 Å². The molecule has 3 fully saturated rings. The third-order valence-electron chi connectivity index (χ3n) is 6.53. The van der Waals surface area contributed by atoms with E-state index < -0.39 is 35.8 Å². The van der Waals surface area contributed by atoms with Crippen LogP contribution in [-0.2, 0) is 22.2 Å². The molecule has 2 aromatic rings. The number of piperazine rings is 1. The number of urea groups is 1. The molecule has 3 heterocycles. The van der Waals surface area contributed by atoms with E-state index in [-0.39, 0.29) is 24.1 Å². The Morgan fingerprint density at radius 2 is 1.85 bits per heavy atom. The summed E-state index contributed by atoms with van der Waals surface area (Å²) in [6.07, 6.45) is -3.98. The second-order valence-electron chi connectivity index (χ2n) is 8.38. The molecule has 0 aromatic heterocycles. The Bertz CT molecular complexity index is 1130. The van der Waals surface area contributed by atoms with Crippen molar-refractivity contribution >= 4 is 23.5 Å². The Morgan fingerprint density at radius 1 is 1.12 bits per heavy atom. The van der Waals surface area contributed by atoms with E-state index in [1.165, 1.54) is 17.0 Å². The molecule has 7 nitrogen and oxygen atoms in total. The zero-order chi connectivity index (χ0) is 23.5. The normalized spacial score (nSPS) is 24.0. The number of imide groups is 1. The Labute approximate surface area is 187 Å². The first-order valence-corrected chi connectivity index (χ1v) is 10.4. The quantitative estimate of drug-likeness (QED) is 0.659. The molecule has 0 spiro atoms. The summed E-state index contributed by atoms with van der Waals surface area (Å²) in [6, 6.07) is 8.89. The van der Waals surface area contributed by atoms with Gasteiger partial charge in [0.25, 0.3) is 5.91 Å². The number of fused-ring (bicyclic) bond motifs is 5. The lowest BCUT2D eigenvalue weighted by Gasteiger charge is -2.35. The van der Waals surface area contributed by atoms with Gasteiger partial charge in [0.2, 0.25) is 5.91 Å². The van der Waals surface area contributed by atoms with Crippen molar-refractivity contribution in [1.82, 2.24) is 9.80 Å². The van der Waals surface area contributed by atoms with Crippen molar-refractivity contribution in [3.63, 3.8) is 0 Å². The molecule has 3 atom stereocenters. The summed E-state index contributed by atoms with van der Waals surface area (Å²) in [7, 11) is 1.55. The van der Waals surface area contributed by atoms with E-state index in [9.17, 15) is 27.6 Å². The summed E-state index contributed by atoms with van der Waals surface area (Å²) >= 11 is 0. The molecule has 2 bridgehead atoms. The zero-order valence-corrected chi connectivity index (χ0v) is 17.6. The van der Waals surface area contributed by atoms with Gasteiger partial charge in [-0.1, -0.05) is 18.2 Å². The number of hydrogen-bond acceptors (Lipinski definition) is 4. The highest BCUT2D eigenvalue weighted by atomic mass is 19.4. The maximum atomic E-state index is 13.2. The Kier molecular flexibility index (Phi) is 4.84. The first-order chi connectivity index (χ1) is 15.7. The van der Waals surface area contributed by atoms with Crippen molar-refractivity contribution in [2.24, 2.45) is 0 Å². The molecular weight excluding hydrogens is 439 g/mol. The maximum absolute atomic E-state index is 13.2. The molecule has 3 saturated heterocycles. The molecule has 0 N–H and O–H groups in total. The van der Waals surface area contributed by atoms with E-state index in [2.05, 4.69) is 0 Å². The fraction of sp³-hybridized carbons (Fsp3) is 0.348. The summed E-state index contributed by atoms with van der Waals surface area (Å²) in [5, 5.41) is 0. The summed E-state index contributed by atoms with van der Waals surface area (Å²) in [5.74, 6) is -0.0920. The lowest BCUT2D eigenvalue weighted by atomic mass is 10.1. The van der Waals surface area contributed by atoms with Gasteiger partial charge >= 0.3 is 12.2 Å². The molecule has 4 amide bonds. The number of ether oxygens (including phenoxy) is 1. The highest BCUT2D eigenvalue weighted by Crippen LogP contribution is 2.43. The van der Waals surface area contributed by atoms with Gasteiger partial charge in [-0.3, -0.25) is 9.59 Å². The second-order valence-corrected chi connectivity index (χ2v) is 8.38. The Balaban J connectivity index is 1.36. The third kappa shape index (κ3) is 3.40. The fourth-order valence-electron chi connectivity index (χ4n) is 5.02. The fourth-order valence-corrected chi connectivity index (χ4v) is 5.02. The second kappa shape index (κ2) is 7.50. The van der Waals surface area contributed by atoms with Gasteiger partial charge in [0.05, 0.1) is 36.9 Å². The number of carbonyl (C=O) groups is 3. The van der Waals surface area contributed by atoms with Gasteiger partial charge in [0.1, 0.15) is 11.8 Å². The Morgan fingerprint density at radius 3 is 2.52 bits per heavy atom. The minimum Gasteiger partial charge on any atom is -0.497 e. The number of anilines is 1. The van der Waals surface area contributed by atoms with Crippen molar-refractivity contribution in [3.8, 4) is 5.75 Å². The Hall–Kier alpha value is -3.56. The van der Waals surface area contributed by atoms with Gasteiger partial charge in [-0.05, 0) is 42.3 Å². The van der Waals surface area contributed by atoms with Crippen LogP contribution in [-0.4, -0.2) is 59.4 Å². The average Bonchev–Trinajstić information content (AvgIpc) is 3.45. The van der Waals surface area contributed by atoms with Gasteiger partial charge in [0, 0.05) is 6.54 Å². The van der Waals surface area contributed by atoms with Gasteiger partial charge in [-0.25, -0.2) is 9.69 Å². The van der Waals surface area contributed by atoms with Crippen LogP contribution in [0.5, 0.6) is 5.75 Å². The number of halogens is 3. The zero-order valence-electron chi connectivity index (χ0n) is 17.6. The molecular formula is C23H20F3N3O4. The number of alkyl halides is 3. The molecule has 3 aliphatic heterocycles. The van der Waals surface area contributed by atoms with Crippen molar-refractivity contribution in [2.45, 2.75) is 37.1 Å². The molecule has 5 rings (SSSR count). The number of likely N-dealkylation sites (tertiary alicyclic amines) is 1. The molecule has 2 aromatic carbocycles. The number of hydrogen-bond donors (Lipinski definition) is 0. The molecule has 172 valence electrons. The van der Waals surface area contributed by atoms with Gasteiger partial charge < -0.3 is 14.5 Å². The monoisotopic (exact) mass is 459 g/mol. The molecule has 3 aliphatic rings. The summed E-state index contributed by atoms with van der Waals surface area (Å²) in [6.45, 7) is 0.297. The predicted octanol–water partition coefficient (Wildman–Crippen LogP) is 3.08. The van der Waals surface area contributed by atoms with E-state index in [1.54, 1.807) is 36.3 Å². The lowest BCUT2D eigenvalue weighted by Crippen LogP contribution is -2.55. The maximum Gasteiger partial charge on any atom is 0.416 e. The van der Waals surface area contributed by atoms with Crippen LogP contribution < -0.4 is 9.64 Å². The van der Waals surface area contributed by atoms with E-state index >= 15 is 0 Å². The topological polar surface area (TPSA) is 70.2 Å². The number of rotatable bonds is 4. The van der Waals surface area contributed by atoms with Crippen molar-refractivity contribution < 1.29 is 32.3 Å². The molecule has 2 unspecified atom stereocenters. The number of nitrogens with zero attached hydrogens (tertiary/aromatic N) is 3. The lowest BCUT2D eigenvalue weighted by molar-refractivity contribution is -0.138. The first kappa shape index (κ1) is 21.3. The summed E-state index contributed by atoms with van der Waals surface area (Å²) in [4.78, 5) is 43.0. The van der Waals surface area contributed by atoms with E-state index in [4.69, 9.17) is 4.74 Å². The summed E-state index contributed by atoms with van der Waals surface area (Å²) < 4.78 is 44.5. The minimum atomic E-state index is -4.60. The van der Waals surface area contributed by atoms with Gasteiger partial charge in [-0.2, -0.15) is 13.2 Å². The van der Waals surface area contributed by atoms with Crippen molar-refractivity contribution in [2.75, 3.05) is 18.6 Å². The molecule has 10 heteroatoms. The van der Waals surface area contributed by atoms with E-state index in [0.717, 1.165) is 22.6 Å². The molecule has 0 aliphatic carbocycles. The molecule has 33 heavy (non-hydrogen) atoms. The van der Waals surface area contributed by atoms with Crippen LogP contribution in [0.2, 0.25) is 0 Å². The number of carbonyl (C=O) groups excluding carboxylic acids is 3. The van der Waals surface area contributed by atoms with Crippen molar-refractivity contribution in [1.29, 1.82) is 0 Å². The SMILES string of the molecule is COc1ccc(CC(=O)N2CC3CC2[C@@H]2C(=O)N(c4cccc(C(F)(F)F)c4)C(=O)N32)cc1. The summed E-state index contributed by atoms with van der Waals surface area (Å²) in [5.41, 5.74) is -0.267. The minimum absolute atomic E-state index is 0.121. The average molecular weight is 459 g/mol. The van der Waals surface area contributed by atoms with Gasteiger partial charge in [0.15, 0.2) is 0 Å². The largest absolute Gasteiger partial charge is 0.497 e. The predicted molar refractivity (Wildman–Crippen MR) is 111 cm³/mol. The molecule has 0 saturated carbocycles. The van der Waals surface area contributed by atoms with Crippen molar-refractivity contribution in [3.05, 3.63) is 59.7 Å². The number of amides is 4. The highest BCUT2D eigenvalue weighted by Gasteiger charge is 2.62. The number of benzene rings is 2. The highest BCUT2D eigenvalue weighted by molar-refractivity contribution is 6.22. The molecule has 0 radical (unpaired) electrons. The standard InChI is InChI=1S/C23H20F3N3O4/c1-33-17-7-5-13(6-8-17)9-19(30)27-12-16-11-18(27)20-21(31)29(22(32)28(16)20)15-4-2-3-14(10-15)23(24,25)26/h2-8,10,16,18,20H,9,11-12H2,1H3/t16?,18?,20-/m1/s1. The number of methoxy groups -OCH3 is 1. The van der Waals surface area contributed by atoms with Crippen LogP contribution >= 0.6 is 0 Å². The third-order valence-corrected chi connectivity index (χ3v) is 6.53. The first-order valence-electron chi connectivity index (χ1n) is 10.4. The van der Waals surface area contributed by atoms with E-state index in [1.807, 2.05) is 0 Å². The van der Waals surface area contributed by atoms with Gasteiger partial charge in [-0.15, -0.1) is 0 Å². The van der Waals surface area contributed by atoms with Crippen LogP contribution in [0.4, 0.5) is 23.7 Å². The van der Waals surface area contributed by atoms with Crippen LogP contribution in [0.25, 0.3) is 0 Å².